The van der Waals surface area contributed by atoms with Gasteiger partial charge < -0.3 is 14.6 Å². The summed E-state index contributed by atoms with van der Waals surface area (Å²) in [6.07, 6.45) is 2.11. The Morgan fingerprint density at radius 3 is 2.70 bits per heavy atom. The molecule has 1 rings (SSSR count). The van der Waals surface area contributed by atoms with Gasteiger partial charge in [0.2, 0.25) is 0 Å². The van der Waals surface area contributed by atoms with Gasteiger partial charge in [0.25, 0.3) is 11.9 Å². The molecule has 0 radical (unpaired) electrons. The van der Waals surface area contributed by atoms with Crippen molar-refractivity contribution in [3.8, 4) is 11.9 Å². The molecule has 0 fully saturated rings. The van der Waals surface area contributed by atoms with E-state index in [0.717, 1.165) is 0 Å². The largest absolute Gasteiger partial charge is 0.481 e. The van der Waals surface area contributed by atoms with Crippen molar-refractivity contribution in [1.82, 2.24) is 0 Å². The van der Waals surface area contributed by atoms with Crippen molar-refractivity contribution in [3.63, 3.8) is 0 Å². The summed E-state index contributed by atoms with van der Waals surface area (Å²) in [5.41, 5.74) is 0.549. The molecule has 0 aliphatic carbocycles. The number of hydrogen-bond acceptors (Lipinski definition) is 3. The number of allylic oxidation sites excluding steroid dienone is 1. The third-order valence-electron chi connectivity index (χ3n) is 1.14. The SMILES string of the molecule is C=CCc1cc(O)oc1O. The fourth-order valence-corrected chi connectivity index (χ4v) is 0.707. The third kappa shape index (κ3) is 1.13. The Morgan fingerprint density at radius 2 is 2.30 bits per heavy atom. The fourth-order valence-electron chi connectivity index (χ4n) is 0.707. The molecule has 0 bridgehead atoms. The molecule has 0 aromatic carbocycles. The first-order chi connectivity index (χ1) is 4.74. The molecule has 10 heavy (non-hydrogen) atoms. The highest BCUT2D eigenvalue weighted by atomic mass is 16.5. The van der Waals surface area contributed by atoms with Crippen LogP contribution in [0.5, 0.6) is 11.9 Å². The van der Waals surface area contributed by atoms with Gasteiger partial charge in [-0.1, -0.05) is 6.08 Å². The summed E-state index contributed by atoms with van der Waals surface area (Å²) in [5, 5.41) is 17.6. The molecular weight excluding hydrogens is 132 g/mol. The van der Waals surface area contributed by atoms with Crippen LogP contribution in [-0.2, 0) is 6.42 Å². The van der Waals surface area contributed by atoms with Gasteiger partial charge in [-0.3, -0.25) is 0 Å². The van der Waals surface area contributed by atoms with E-state index in [9.17, 15) is 0 Å². The Kier molecular flexibility index (Phi) is 1.67. The van der Waals surface area contributed by atoms with E-state index in [1.54, 1.807) is 6.08 Å². The van der Waals surface area contributed by atoms with Crippen LogP contribution < -0.4 is 0 Å². The molecule has 0 amide bonds. The van der Waals surface area contributed by atoms with Crippen LogP contribution in [0, 0.1) is 0 Å². The van der Waals surface area contributed by atoms with Crippen molar-refractivity contribution in [2.75, 3.05) is 0 Å². The van der Waals surface area contributed by atoms with E-state index in [1.165, 1.54) is 6.07 Å². The molecule has 1 aromatic heterocycles. The maximum atomic E-state index is 8.89. The maximum Gasteiger partial charge on any atom is 0.288 e. The topological polar surface area (TPSA) is 53.6 Å². The average molecular weight is 140 g/mol. The van der Waals surface area contributed by atoms with Crippen LogP contribution >= 0.6 is 0 Å². The zero-order valence-electron chi connectivity index (χ0n) is 5.37. The Hall–Kier alpha value is -1.38. The molecule has 0 unspecified atom stereocenters. The molecule has 3 nitrogen and oxygen atoms in total. The van der Waals surface area contributed by atoms with Gasteiger partial charge in [-0.2, -0.15) is 0 Å². The van der Waals surface area contributed by atoms with Gasteiger partial charge in [-0.15, -0.1) is 6.58 Å². The molecule has 0 atom stereocenters. The molecule has 1 heterocycles. The standard InChI is InChI=1S/C7H8O3/c1-2-3-5-4-6(8)10-7(5)9/h2,4,8-9H,1,3H2. The number of aromatic hydroxyl groups is 2. The van der Waals surface area contributed by atoms with Crippen molar-refractivity contribution in [2.45, 2.75) is 6.42 Å². The molecule has 2 N–H and O–H groups in total. The van der Waals surface area contributed by atoms with E-state index in [1.807, 2.05) is 0 Å². The van der Waals surface area contributed by atoms with Crippen LogP contribution in [-0.4, -0.2) is 10.2 Å². The average Bonchev–Trinajstić information content (AvgIpc) is 2.13. The maximum absolute atomic E-state index is 8.89. The third-order valence-corrected chi connectivity index (χ3v) is 1.14. The lowest BCUT2D eigenvalue weighted by Crippen LogP contribution is -1.73. The van der Waals surface area contributed by atoms with Crippen molar-refractivity contribution >= 4 is 0 Å². The van der Waals surface area contributed by atoms with E-state index >= 15 is 0 Å². The highest BCUT2D eigenvalue weighted by Crippen LogP contribution is 2.26. The minimum atomic E-state index is -0.269. The van der Waals surface area contributed by atoms with Gasteiger partial charge >= 0.3 is 0 Å². The Balaban J connectivity index is 2.91. The summed E-state index contributed by atoms with van der Waals surface area (Å²) in [4.78, 5) is 0. The van der Waals surface area contributed by atoms with Crippen LogP contribution in [0.25, 0.3) is 0 Å². The van der Waals surface area contributed by atoms with Gasteiger partial charge in [0.05, 0.1) is 0 Å². The summed E-state index contributed by atoms with van der Waals surface area (Å²) in [6, 6.07) is 1.36. The summed E-state index contributed by atoms with van der Waals surface area (Å²) in [7, 11) is 0. The second kappa shape index (κ2) is 2.47. The molecule has 0 saturated carbocycles. The number of furan rings is 1. The molecule has 0 aliphatic heterocycles. The second-order valence-electron chi connectivity index (χ2n) is 1.91. The summed E-state index contributed by atoms with van der Waals surface area (Å²) in [6.45, 7) is 3.47. The van der Waals surface area contributed by atoms with Gasteiger partial charge in [0, 0.05) is 11.6 Å². The van der Waals surface area contributed by atoms with Gasteiger partial charge in [-0.05, 0) is 6.42 Å². The van der Waals surface area contributed by atoms with Crippen LogP contribution in [0.3, 0.4) is 0 Å². The predicted molar refractivity (Wildman–Crippen MR) is 35.9 cm³/mol. The van der Waals surface area contributed by atoms with E-state index in [-0.39, 0.29) is 11.9 Å². The number of rotatable bonds is 2. The summed E-state index contributed by atoms with van der Waals surface area (Å²) in [5.74, 6) is -0.508. The van der Waals surface area contributed by atoms with E-state index in [2.05, 4.69) is 11.0 Å². The normalized spacial score (nSPS) is 9.60. The second-order valence-corrected chi connectivity index (χ2v) is 1.91. The Bertz CT molecular complexity index is 237. The molecule has 54 valence electrons. The quantitative estimate of drug-likeness (QED) is 0.611. The van der Waals surface area contributed by atoms with Gasteiger partial charge in [0.15, 0.2) is 0 Å². The fraction of sp³-hybridized carbons (Fsp3) is 0.143. The molecule has 0 saturated heterocycles. The van der Waals surface area contributed by atoms with E-state index in [0.29, 0.717) is 12.0 Å². The van der Waals surface area contributed by atoms with E-state index < -0.39 is 0 Å². The van der Waals surface area contributed by atoms with Crippen LogP contribution in [0.15, 0.2) is 23.1 Å². The lowest BCUT2D eigenvalue weighted by Gasteiger charge is -1.85. The van der Waals surface area contributed by atoms with Gasteiger partial charge in [0.1, 0.15) is 0 Å². The molecule has 3 heteroatoms. The first-order valence-electron chi connectivity index (χ1n) is 2.85. The Labute approximate surface area is 58.2 Å². The van der Waals surface area contributed by atoms with Crippen molar-refractivity contribution in [3.05, 3.63) is 24.3 Å². The summed E-state index contributed by atoms with van der Waals surface area (Å²) >= 11 is 0. The van der Waals surface area contributed by atoms with Crippen LogP contribution in [0.4, 0.5) is 0 Å². The first-order valence-corrected chi connectivity index (χ1v) is 2.85. The lowest BCUT2D eigenvalue weighted by atomic mass is 10.2. The van der Waals surface area contributed by atoms with Crippen molar-refractivity contribution in [2.24, 2.45) is 0 Å². The number of hydrogen-bond donors (Lipinski definition) is 2. The van der Waals surface area contributed by atoms with Gasteiger partial charge in [-0.25, -0.2) is 0 Å². The Morgan fingerprint density at radius 1 is 1.60 bits per heavy atom. The minimum absolute atomic E-state index is 0.239. The molecular formula is C7H8O3. The monoisotopic (exact) mass is 140 g/mol. The lowest BCUT2D eigenvalue weighted by molar-refractivity contribution is 0.264. The summed E-state index contributed by atoms with van der Waals surface area (Å²) < 4.78 is 4.43. The smallest absolute Gasteiger partial charge is 0.288 e. The highest BCUT2D eigenvalue weighted by Gasteiger charge is 2.05. The van der Waals surface area contributed by atoms with Crippen LogP contribution in [0.2, 0.25) is 0 Å². The van der Waals surface area contributed by atoms with Crippen molar-refractivity contribution < 1.29 is 14.6 Å². The van der Waals surface area contributed by atoms with E-state index in [4.69, 9.17) is 10.2 Å². The predicted octanol–water partition coefficient (Wildman–Crippen LogP) is 1.42. The van der Waals surface area contributed by atoms with Crippen molar-refractivity contribution in [1.29, 1.82) is 0 Å². The highest BCUT2D eigenvalue weighted by molar-refractivity contribution is 5.29. The first kappa shape index (κ1) is 6.74. The minimum Gasteiger partial charge on any atom is -0.481 e. The zero-order valence-corrected chi connectivity index (χ0v) is 5.37. The van der Waals surface area contributed by atoms with Crippen LogP contribution in [0.1, 0.15) is 5.56 Å². The molecule has 0 aliphatic rings. The molecule has 1 aromatic rings. The zero-order chi connectivity index (χ0) is 7.56. The molecule has 0 spiro atoms.